The Balaban J connectivity index is 1.78. The highest BCUT2D eigenvalue weighted by molar-refractivity contribution is 6.30. The van der Waals surface area contributed by atoms with E-state index in [4.69, 9.17) is 21.1 Å². The number of ketones is 1. The maximum Gasteiger partial charge on any atom is 0.307 e. The van der Waals surface area contributed by atoms with Crippen molar-refractivity contribution in [2.24, 2.45) is 0 Å². The van der Waals surface area contributed by atoms with Crippen LogP contribution in [0, 0.1) is 0 Å². The van der Waals surface area contributed by atoms with E-state index in [-0.39, 0.29) is 18.6 Å². The van der Waals surface area contributed by atoms with Crippen LogP contribution in [0.25, 0.3) is 0 Å². The van der Waals surface area contributed by atoms with Gasteiger partial charge in [-0.25, -0.2) is 0 Å². The molecule has 0 aliphatic heterocycles. The normalized spacial score (nSPS) is 11.4. The molecule has 0 unspecified atom stereocenters. The Morgan fingerprint density at radius 3 is 2.25 bits per heavy atom. The summed E-state index contributed by atoms with van der Waals surface area (Å²) < 4.78 is 10.4. The molecule has 2 aromatic rings. The number of halogens is 1. The molecule has 0 fully saturated rings. The number of amides is 1. The van der Waals surface area contributed by atoms with Gasteiger partial charge in [-0.3, -0.25) is 14.4 Å². The molecule has 0 spiro atoms. The number of carbonyl (C=O) groups excluding carboxylic acids is 3. The van der Waals surface area contributed by atoms with E-state index >= 15 is 0 Å². The minimum absolute atomic E-state index is 0.00165. The molecule has 0 aromatic heterocycles. The zero-order valence-electron chi connectivity index (χ0n) is 15.7. The van der Waals surface area contributed by atoms with Crippen molar-refractivity contribution in [3.05, 3.63) is 59.1 Å². The summed E-state index contributed by atoms with van der Waals surface area (Å²) in [7, 11) is 0. The van der Waals surface area contributed by atoms with E-state index < -0.39 is 18.0 Å². The number of hydrogen-bond donors (Lipinski definition) is 1. The topological polar surface area (TPSA) is 81.7 Å². The number of esters is 1. The minimum Gasteiger partial charge on any atom is -0.494 e. The fourth-order valence-electron chi connectivity index (χ4n) is 2.35. The van der Waals surface area contributed by atoms with Crippen molar-refractivity contribution in [3.63, 3.8) is 0 Å². The lowest BCUT2D eigenvalue weighted by atomic mass is 10.1. The first kappa shape index (κ1) is 21.4. The maximum atomic E-state index is 12.2. The van der Waals surface area contributed by atoms with Crippen molar-refractivity contribution in [2.45, 2.75) is 32.8 Å². The van der Waals surface area contributed by atoms with E-state index in [2.05, 4.69) is 5.32 Å². The summed E-state index contributed by atoms with van der Waals surface area (Å²) in [4.78, 5) is 36.2. The second kappa shape index (κ2) is 10.5. The van der Waals surface area contributed by atoms with E-state index in [0.29, 0.717) is 28.6 Å². The van der Waals surface area contributed by atoms with Gasteiger partial charge in [0.2, 0.25) is 0 Å². The standard InChI is InChI=1S/C21H22ClNO5/c1-3-27-18-10-4-15(5-11-18)19(24)12-13-20(25)28-14(2)21(26)23-17-8-6-16(22)7-9-17/h4-11,14H,3,12-13H2,1-2H3,(H,23,26)/t14-/m1/s1. The van der Waals surface area contributed by atoms with Gasteiger partial charge in [-0.05, 0) is 62.4 Å². The third-order valence-electron chi connectivity index (χ3n) is 3.83. The number of ether oxygens (including phenoxy) is 2. The summed E-state index contributed by atoms with van der Waals surface area (Å²) in [5.74, 6) is -0.580. The molecule has 1 atom stereocenters. The zero-order valence-corrected chi connectivity index (χ0v) is 16.5. The Labute approximate surface area is 168 Å². The van der Waals surface area contributed by atoms with Crippen LogP contribution in [0.5, 0.6) is 5.75 Å². The predicted octanol–water partition coefficient (Wildman–Crippen LogP) is 4.27. The second-order valence-electron chi connectivity index (χ2n) is 6.01. The molecular weight excluding hydrogens is 382 g/mol. The predicted molar refractivity (Wildman–Crippen MR) is 107 cm³/mol. The first-order valence-corrected chi connectivity index (χ1v) is 9.28. The van der Waals surface area contributed by atoms with Crippen molar-refractivity contribution in [3.8, 4) is 5.75 Å². The highest BCUT2D eigenvalue weighted by atomic mass is 35.5. The molecule has 28 heavy (non-hydrogen) atoms. The summed E-state index contributed by atoms with van der Waals surface area (Å²) in [6.45, 7) is 3.89. The molecule has 0 heterocycles. The number of nitrogens with one attached hydrogen (secondary N) is 1. The highest BCUT2D eigenvalue weighted by Crippen LogP contribution is 2.15. The summed E-state index contributed by atoms with van der Waals surface area (Å²) in [6.07, 6.45) is -1.09. The average molecular weight is 404 g/mol. The van der Waals surface area contributed by atoms with Crippen LogP contribution < -0.4 is 10.1 Å². The van der Waals surface area contributed by atoms with Gasteiger partial charge >= 0.3 is 5.97 Å². The van der Waals surface area contributed by atoms with Crippen molar-refractivity contribution < 1.29 is 23.9 Å². The molecule has 1 amide bonds. The fraction of sp³-hybridized carbons (Fsp3) is 0.286. The number of benzene rings is 2. The van der Waals surface area contributed by atoms with Crippen LogP contribution in [-0.4, -0.2) is 30.4 Å². The van der Waals surface area contributed by atoms with E-state index in [9.17, 15) is 14.4 Å². The van der Waals surface area contributed by atoms with E-state index in [1.165, 1.54) is 6.92 Å². The number of hydrogen-bond acceptors (Lipinski definition) is 5. The molecule has 7 heteroatoms. The number of Topliss-reactive ketones (excluding diaryl/α,β-unsaturated/α-hetero) is 1. The molecule has 2 aromatic carbocycles. The third-order valence-corrected chi connectivity index (χ3v) is 4.08. The average Bonchev–Trinajstić information content (AvgIpc) is 2.68. The smallest absolute Gasteiger partial charge is 0.307 e. The molecule has 0 bridgehead atoms. The van der Waals surface area contributed by atoms with Crippen LogP contribution in [0.3, 0.4) is 0 Å². The van der Waals surface area contributed by atoms with Crippen LogP contribution in [-0.2, 0) is 14.3 Å². The number of anilines is 1. The lowest BCUT2D eigenvalue weighted by Crippen LogP contribution is -2.30. The quantitative estimate of drug-likeness (QED) is 0.499. The van der Waals surface area contributed by atoms with Crippen LogP contribution in [0.4, 0.5) is 5.69 Å². The Kier molecular flexibility index (Phi) is 8.02. The SMILES string of the molecule is CCOc1ccc(C(=O)CCC(=O)O[C@H](C)C(=O)Nc2ccc(Cl)cc2)cc1. The zero-order chi connectivity index (χ0) is 20.5. The van der Waals surface area contributed by atoms with E-state index in [0.717, 1.165) is 0 Å². The molecule has 0 aliphatic carbocycles. The van der Waals surface area contributed by atoms with Gasteiger partial charge in [0.05, 0.1) is 13.0 Å². The second-order valence-corrected chi connectivity index (χ2v) is 6.45. The van der Waals surface area contributed by atoms with Gasteiger partial charge in [0.1, 0.15) is 5.75 Å². The summed E-state index contributed by atoms with van der Waals surface area (Å²) in [5.41, 5.74) is 1.03. The van der Waals surface area contributed by atoms with Crippen LogP contribution in [0.2, 0.25) is 5.02 Å². The van der Waals surface area contributed by atoms with Gasteiger partial charge in [0.25, 0.3) is 5.91 Å². The molecule has 6 nitrogen and oxygen atoms in total. The van der Waals surface area contributed by atoms with Gasteiger partial charge in [-0.15, -0.1) is 0 Å². The molecular formula is C21H22ClNO5. The molecule has 0 aliphatic rings. The highest BCUT2D eigenvalue weighted by Gasteiger charge is 2.19. The van der Waals surface area contributed by atoms with Gasteiger partial charge in [0.15, 0.2) is 11.9 Å². The fourth-order valence-corrected chi connectivity index (χ4v) is 2.48. The molecule has 1 N–H and O–H groups in total. The van der Waals surface area contributed by atoms with Crippen molar-refractivity contribution in [2.75, 3.05) is 11.9 Å². The van der Waals surface area contributed by atoms with Crippen molar-refractivity contribution in [1.82, 2.24) is 0 Å². The Morgan fingerprint density at radius 1 is 1.00 bits per heavy atom. The lowest BCUT2D eigenvalue weighted by Gasteiger charge is -2.13. The Bertz CT molecular complexity index is 818. The molecule has 0 saturated heterocycles. The van der Waals surface area contributed by atoms with Crippen molar-refractivity contribution in [1.29, 1.82) is 0 Å². The maximum absolute atomic E-state index is 12.2. The largest absolute Gasteiger partial charge is 0.494 e. The molecule has 148 valence electrons. The Morgan fingerprint density at radius 2 is 1.64 bits per heavy atom. The van der Waals surface area contributed by atoms with Crippen LogP contribution in [0.15, 0.2) is 48.5 Å². The van der Waals surface area contributed by atoms with Gasteiger partial charge in [-0.1, -0.05) is 11.6 Å². The minimum atomic E-state index is -0.983. The van der Waals surface area contributed by atoms with Crippen molar-refractivity contribution >= 4 is 34.9 Å². The molecule has 0 saturated carbocycles. The Hall–Kier alpha value is -2.86. The van der Waals surface area contributed by atoms with Crippen LogP contribution >= 0.6 is 11.6 Å². The van der Waals surface area contributed by atoms with E-state index in [1.807, 2.05) is 6.92 Å². The first-order chi connectivity index (χ1) is 13.4. The van der Waals surface area contributed by atoms with Crippen LogP contribution in [0.1, 0.15) is 37.0 Å². The lowest BCUT2D eigenvalue weighted by molar-refractivity contribution is -0.153. The third kappa shape index (κ3) is 6.70. The van der Waals surface area contributed by atoms with E-state index in [1.54, 1.807) is 48.5 Å². The summed E-state index contributed by atoms with van der Waals surface area (Å²) in [6, 6.07) is 13.3. The summed E-state index contributed by atoms with van der Waals surface area (Å²) >= 11 is 5.79. The monoisotopic (exact) mass is 403 g/mol. The number of carbonyl (C=O) groups is 3. The summed E-state index contributed by atoms with van der Waals surface area (Å²) in [5, 5.41) is 3.18. The molecule has 0 radical (unpaired) electrons. The van der Waals surface area contributed by atoms with Gasteiger partial charge < -0.3 is 14.8 Å². The van der Waals surface area contributed by atoms with Gasteiger partial charge in [-0.2, -0.15) is 0 Å². The number of rotatable bonds is 9. The molecule has 2 rings (SSSR count). The van der Waals surface area contributed by atoms with Gasteiger partial charge in [0, 0.05) is 22.7 Å². The first-order valence-electron chi connectivity index (χ1n) is 8.91.